The molecule has 26 heavy (non-hydrogen) atoms. The minimum absolute atomic E-state index is 0.108. The van der Waals surface area contributed by atoms with Crippen molar-refractivity contribution in [3.8, 4) is 5.75 Å². The summed E-state index contributed by atoms with van der Waals surface area (Å²) in [5.74, 6) is 2.53. The Balaban J connectivity index is 1.56. The van der Waals surface area contributed by atoms with Crippen molar-refractivity contribution in [1.82, 2.24) is 0 Å². The van der Waals surface area contributed by atoms with Gasteiger partial charge in [0.1, 0.15) is 17.1 Å². The third-order valence-corrected chi connectivity index (χ3v) is 7.34. The fraction of sp³-hybridized carbons (Fsp3) is 0.522. The van der Waals surface area contributed by atoms with Gasteiger partial charge in [0.05, 0.1) is 5.70 Å². The van der Waals surface area contributed by atoms with Crippen LogP contribution in [0.4, 0.5) is 0 Å². The van der Waals surface area contributed by atoms with Gasteiger partial charge in [0.2, 0.25) is 0 Å². The molecule has 3 heteroatoms. The van der Waals surface area contributed by atoms with E-state index < -0.39 is 0 Å². The fourth-order valence-electron chi connectivity index (χ4n) is 5.71. The van der Waals surface area contributed by atoms with Gasteiger partial charge in [0, 0.05) is 11.8 Å². The summed E-state index contributed by atoms with van der Waals surface area (Å²) in [5, 5.41) is 9.56. The zero-order valence-electron chi connectivity index (χ0n) is 15.9. The minimum Gasteiger partial charge on any atom is -0.508 e. The Kier molecular flexibility index (Phi) is 4.21. The van der Waals surface area contributed by atoms with Crippen molar-refractivity contribution in [2.75, 3.05) is 0 Å². The maximum absolute atomic E-state index is 9.56. The maximum Gasteiger partial charge on any atom is 0.141 e. The average Bonchev–Trinajstić information content (AvgIpc) is 3.14. The van der Waals surface area contributed by atoms with Crippen LogP contribution in [0.2, 0.25) is 0 Å². The van der Waals surface area contributed by atoms with Crippen LogP contribution in [0.3, 0.4) is 0 Å². The topological polar surface area (TPSA) is 41.8 Å². The van der Waals surface area contributed by atoms with Gasteiger partial charge in [0.25, 0.3) is 0 Å². The van der Waals surface area contributed by atoms with Gasteiger partial charge in [-0.25, -0.2) is 0 Å². The Labute approximate surface area is 156 Å². The lowest BCUT2D eigenvalue weighted by Crippen LogP contribution is -2.47. The summed E-state index contributed by atoms with van der Waals surface area (Å²) >= 11 is 0. The van der Waals surface area contributed by atoms with Gasteiger partial charge in [-0.15, -0.1) is 0 Å². The number of fused-ring (bicyclic) bond motifs is 2. The van der Waals surface area contributed by atoms with Crippen LogP contribution < -0.4 is 0 Å². The third-order valence-electron chi connectivity index (χ3n) is 7.34. The molecule has 0 amide bonds. The monoisotopic (exact) mass is 351 g/mol. The van der Waals surface area contributed by atoms with Crippen LogP contribution in [-0.4, -0.2) is 17.4 Å². The van der Waals surface area contributed by atoms with E-state index in [2.05, 4.69) is 30.8 Å². The van der Waals surface area contributed by atoms with Crippen LogP contribution in [-0.2, 0) is 4.74 Å². The second-order valence-electron chi connectivity index (χ2n) is 8.46. The lowest BCUT2D eigenvalue weighted by atomic mass is 9.59. The first-order valence-electron chi connectivity index (χ1n) is 9.82. The average molecular weight is 351 g/mol. The highest BCUT2D eigenvalue weighted by Gasteiger charge is 2.62. The number of hydrogen-bond donors (Lipinski definition) is 1. The van der Waals surface area contributed by atoms with Gasteiger partial charge in [-0.05, 0) is 81.4 Å². The highest BCUT2D eigenvalue weighted by molar-refractivity contribution is 5.37. The number of phenols is 1. The van der Waals surface area contributed by atoms with Crippen LogP contribution in [0.5, 0.6) is 5.75 Å². The number of nitrogens with zero attached hydrogens (tertiary/aromatic N) is 1. The quantitative estimate of drug-likeness (QED) is 0.707. The Bertz CT molecular complexity index is 763. The van der Waals surface area contributed by atoms with E-state index in [0.717, 1.165) is 24.3 Å². The molecule has 1 aromatic rings. The molecule has 2 aliphatic carbocycles. The van der Waals surface area contributed by atoms with Crippen molar-refractivity contribution in [1.29, 1.82) is 0 Å². The molecule has 0 aromatic heterocycles. The molecule has 4 unspecified atom stereocenters. The standard InChI is InChI=1S/C23H29NO2/c1-4-5-21-20(24-3)15-23(26-21)13-11-18-14-17(10-12-22(18,23)2)16-6-8-19(25)9-7-16/h4-9,17-18,25H,3,10-15H2,1-2H3. The van der Waals surface area contributed by atoms with E-state index >= 15 is 0 Å². The number of rotatable bonds is 3. The number of allylic oxidation sites excluding steroid dienone is 2. The van der Waals surface area contributed by atoms with E-state index in [1.165, 1.54) is 31.2 Å². The lowest BCUT2D eigenvalue weighted by Gasteiger charge is -2.48. The largest absolute Gasteiger partial charge is 0.508 e. The molecule has 2 fully saturated rings. The predicted octanol–water partition coefficient (Wildman–Crippen LogP) is 5.72. The predicted molar refractivity (Wildman–Crippen MR) is 105 cm³/mol. The molecular formula is C23H29NO2. The van der Waals surface area contributed by atoms with Crippen molar-refractivity contribution >= 4 is 6.72 Å². The van der Waals surface area contributed by atoms with Crippen molar-refractivity contribution < 1.29 is 9.84 Å². The smallest absolute Gasteiger partial charge is 0.141 e. The van der Waals surface area contributed by atoms with Crippen LogP contribution >= 0.6 is 0 Å². The molecule has 1 N–H and O–H groups in total. The molecule has 4 atom stereocenters. The molecule has 1 spiro atoms. The molecular weight excluding hydrogens is 322 g/mol. The van der Waals surface area contributed by atoms with Crippen molar-refractivity contribution in [3.63, 3.8) is 0 Å². The number of ether oxygens (including phenoxy) is 1. The van der Waals surface area contributed by atoms with Gasteiger partial charge in [0.15, 0.2) is 0 Å². The van der Waals surface area contributed by atoms with Crippen molar-refractivity contribution in [3.05, 3.63) is 53.4 Å². The molecule has 1 heterocycles. The number of hydrogen-bond acceptors (Lipinski definition) is 3. The lowest BCUT2D eigenvalue weighted by molar-refractivity contribution is -0.0867. The molecule has 138 valence electrons. The van der Waals surface area contributed by atoms with Gasteiger partial charge < -0.3 is 9.84 Å². The Morgan fingerprint density at radius 1 is 1.23 bits per heavy atom. The molecule has 2 saturated carbocycles. The van der Waals surface area contributed by atoms with E-state index in [1.807, 2.05) is 31.2 Å². The van der Waals surface area contributed by atoms with Gasteiger partial charge in [-0.1, -0.05) is 25.1 Å². The first kappa shape index (κ1) is 17.4. The van der Waals surface area contributed by atoms with E-state index in [-0.39, 0.29) is 11.0 Å². The van der Waals surface area contributed by atoms with E-state index in [1.54, 1.807) is 0 Å². The van der Waals surface area contributed by atoms with Gasteiger partial charge >= 0.3 is 0 Å². The molecule has 0 radical (unpaired) electrons. The first-order chi connectivity index (χ1) is 12.5. The Hall–Kier alpha value is -2.03. The molecule has 0 saturated heterocycles. The normalized spacial score (nSPS) is 36.5. The third kappa shape index (κ3) is 2.52. The Morgan fingerprint density at radius 3 is 2.69 bits per heavy atom. The number of benzene rings is 1. The van der Waals surface area contributed by atoms with E-state index in [4.69, 9.17) is 4.74 Å². The summed E-state index contributed by atoms with van der Waals surface area (Å²) in [4.78, 5) is 4.28. The highest BCUT2D eigenvalue weighted by Crippen LogP contribution is 2.65. The van der Waals surface area contributed by atoms with E-state index in [0.29, 0.717) is 17.6 Å². The highest BCUT2D eigenvalue weighted by atomic mass is 16.5. The number of aliphatic imine (C=N–C) groups is 1. The summed E-state index contributed by atoms with van der Waals surface area (Å²) in [6, 6.07) is 7.80. The van der Waals surface area contributed by atoms with Crippen LogP contribution in [0.15, 0.2) is 52.9 Å². The minimum atomic E-state index is -0.108. The van der Waals surface area contributed by atoms with Crippen LogP contribution in [0.25, 0.3) is 0 Å². The molecule has 1 aliphatic heterocycles. The van der Waals surface area contributed by atoms with Gasteiger partial charge in [-0.3, -0.25) is 4.99 Å². The maximum atomic E-state index is 9.56. The molecule has 3 nitrogen and oxygen atoms in total. The first-order valence-corrected chi connectivity index (χ1v) is 9.82. The Morgan fingerprint density at radius 2 is 2.00 bits per heavy atom. The number of aromatic hydroxyl groups is 1. The molecule has 4 rings (SSSR count). The summed E-state index contributed by atoms with van der Waals surface area (Å²) in [6.07, 6.45) is 10.9. The fourth-order valence-corrected chi connectivity index (χ4v) is 5.71. The molecule has 1 aromatic carbocycles. The zero-order chi connectivity index (χ0) is 18.4. The summed E-state index contributed by atoms with van der Waals surface area (Å²) in [6.45, 7) is 8.23. The van der Waals surface area contributed by atoms with Crippen LogP contribution in [0.1, 0.15) is 63.9 Å². The van der Waals surface area contributed by atoms with Crippen LogP contribution in [0, 0.1) is 11.3 Å². The van der Waals surface area contributed by atoms with Crippen molar-refractivity contribution in [2.24, 2.45) is 16.3 Å². The number of phenolic OH excluding ortho intramolecular Hbond substituents is 1. The van der Waals surface area contributed by atoms with Crippen molar-refractivity contribution in [2.45, 2.75) is 63.9 Å². The molecule has 3 aliphatic rings. The molecule has 0 bridgehead atoms. The van der Waals surface area contributed by atoms with Gasteiger partial charge in [-0.2, -0.15) is 0 Å². The summed E-state index contributed by atoms with van der Waals surface area (Å²) < 4.78 is 6.61. The summed E-state index contributed by atoms with van der Waals surface area (Å²) in [5.41, 5.74) is 2.47. The van der Waals surface area contributed by atoms with E-state index in [9.17, 15) is 5.11 Å². The SMILES string of the molecule is C=NC1=C(C=CC)OC2(CCC3CC(c4ccc(O)cc4)CCC32C)C1. The summed E-state index contributed by atoms with van der Waals surface area (Å²) in [7, 11) is 0. The second kappa shape index (κ2) is 6.29. The second-order valence-corrected chi connectivity index (χ2v) is 8.46. The zero-order valence-corrected chi connectivity index (χ0v) is 15.9.